The van der Waals surface area contributed by atoms with E-state index >= 15 is 0 Å². The summed E-state index contributed by atoms with van der Waals surface area (Å²) in [6.45, 7) is 8.41. The van der Waals surface area contributed by atoms with Crippen LogP contribution in [0.5, 0.6) is 0 Å². The average molecular weight is 390 g/mol. The number of carbonyl (C=O) groups excluding carboxylic acids is 1. The maximum atomic E-state index is 14.0. The third-order valence-corrected chi connectivity index (χ3v) is 6.08. The van der Waals surface area contributed by atoms with E-state index in [1.165, 1.54) is 23.0 Å². The van der Waals surface area contributed by atoms with Gasteiger partial charge in [-0.1, -0.05) is 62.7 Å². The maximum Gasteiger partial charge on any atom is 0.263 e. The fourth-order valence-electron chi connectivity index (χ4n) is 2.83. The third-order valence-electron chi connectivity index (χ3n) is 4.44. The number of fused-ring (bicyclic) bond motifs is 1. The van der Waals surface area contributed by atoms with Crippen LogP contribution >= 0.6 is 22.9 Å². The van der Waals surface area contributed by atoms with Crippen LogP contribution in [-0.2, 0) is 5.41 Å². The van der Waals surface area contributed by atoms with Crippen molar-refractivity contribution in [3.63, 3.8) is 0 Å². The molecule has 3 rings (SSSR count). The van der Waals surface area contributed by atoms with Crippen molar-refractivity contribution in [1.82, 2.24) is 5.32 Å². The molecule has 1 heterocycles. The Bertz CT molecular complexity index is 957. The van der Waals surface area contributed by atoms with Crippen molar-refractivity contribution in [1.29, 1.82) is 0 Å². The van der Waals surface area contributed by atoms with Gasteiger partial charge in [0, 0.05) is 10.1 Å². The molecule has 0 fully saturated rings. The van der Waals surface area contributed by atoms with Crippen LogP contribution in [-0.4, -0.2) is 5.91 Å². The van der Waals surface area contributed by atoms with Crippen molar-refractivity contribution in [2.75, 3.05) is 0 Å². The smallest absolute Gasteiger partial charge is 0.263 e. The van der Waals surface area contributed by atoms with E-state index in [4.69, 9.17) is 11.6 Å². The number of rotatable bonds is 3. The van der Waals surface area contributed by atoms with Crippen LogP contribution in [0.25, 0.3) is 10.1 Å². The van der Waals surface area contributed by atoms with Gasteiger partial charge in [-0.25, -0.2) is 4.39 Å². The van der Waals surface area contributed by atoms with Crippen molar-refractivity contribution in [2.24, 2.45) is 0 Å². The molecule has 0 aliphatic heterocycles. The maximum absolute atomic E-state index is 14.0. The zero-order valence-corrected chi connectivity index (χ0v) is 16.8. The second-order valence-corrected chi connectivity index (χ2v) is 8.86. The highest BCUT2D eigenvalue weighted by Crippen LogP contribution is 2.37. The van der Waals surface area contributed by atoms with Crippen molar-refractivity contribution in [3.05, 3.63) is 69.3 Å². The molecule has 0 aliphatic rings. The lowest BCUT2D eigenvalue weighted by atomic mass is 9.86. The van der Waals surface area contributed by atoms with E-state index in [9.17, 15) is 9.18 Å². The van der Waals surface area contributed by atoms with Crippen LogP contribution < -0.4 is 5.32 Å². The Labute approximate surface area is 162 Å². The zero-order valence-electron chi connectivity index (χ0n) is 15.2. The van der Waals surface area contributed by atoms with Gasteiger partial charge in [0.05, 0.1) is 11.1 Å². The Morgan fingerprint density at radius 3 is 2.38 bits per heavy atom. The van der Waals surface area contributed by atoms with Gasteiger partial charge in [-0.3, -0.25) is 4.79 Å². The molecule has 0 spiro atoms. The topological polar surface area (TPSA) is 29.1 Å². The Morgan fingerprint density at radius 2 is 1.81 bits per heavy atom. The van der Waals surface area contributed by atoms with E-state index in [0.717, 1.165) is 5.56 Å². The number of hydrogen-bond donors (Lipinski definition) is 1. The van der Waals surface area contributed by atoms with Gasteiger partial charge < -0.3 is 5.32 Å². The van der Waals surface area contributed by atoms with Crippen molar-refractivity contribution in [3.8, 4) is 0 Å². The van der Waals surface area contributed by atoms with Crippen LogP contribution in [0.4, 0.5) is 4.39 Å². The molecule has 0 unspecified atom stereocenters. The van der Waals surface area contributed by atoms with Crippen LogP contribution in [0, 0.1) is 5.82 Å². The SMILES string of the molecule is C[C@H](NC(=O)c1sc2cccc(F)c2c1Cl)c1ccc(C(C)(C)C)cc1. The lowest BCUT2D eigenvalue weighted by Gasteiger charge is -2.20. The lowest BCUT2D eigenvalue weighted by Crippen LogP contribution is -2.26. The molecule has 0 bridgehead atoms. The lowest BCUT2D eigenvalue weighted by molar-refractivity contribution is 0.0944. The fraction of sp³-hybridized carbons (Fsp3) is 0.286. The van der Waals surface area contributed by atoms with Gasteiger partial charge in [0.15, 0.2) is 0 Å². The Balaban J connectivity index is 1.82. The summed E-state index contributed by atoms with van der Waals surface area (Å²) in [5.74, 6) is -0.698. The van der Waals surface area contributed by atoms with Gasteiger partial charge in [0.25, 0.3) is 5.91 Å². The predicted molar refractivity (Wildman–Crippen MR) is 108 cm³/mol. The van der Waals surface area contributed by atoms with Gasteiger partial charge in [0.2, 0.25) is 0 Å². The van der Waals surface area contributed by atoms with Gasteiger partial charge in [0.1, 0.15) is 10.7 Å². The van der Waals surface area contributed by atoms with Crippen molar-refractivity contribution >= 4 is 38.9 Å². The summed E-state index contributed by atoms with van der Waals surface area (Å²) in [6, 6.07) is 12.8. The minimum Gasteiger partial charge on any atom is -0.345 e. The number of nitrogens with one attached hydrogen (secondary N) is 1. The Morgan fingerprint density at radius 1 is 1.15 bits per heavy atom. The van der Waals surface area contributed by atoms with E-state index in [1.807, 2.05) is 19.1 Å². The Hall–Kier alpha value is -1.91. The first-order valence-corrected chi connectivity index (χ1v) is 9.65. The molecule has 1 amide bonds. The number of thiophene rings is 1. The summed E-state index contributed by atoms with van der Waals surface area (Å²) in [5.41, 5.74) is 2.33. The first-order chi connectivity index (χ1) is 12.2. The van der Waals surface area contributed by atoms with E-state index in [1.54, 1.807) is 12.1 Å². The molecule has 3 aromatic rings. The summed E-state index contributed by atoms with van der Waals surface area (Å²) < 4.78 is 14.6. The van der Waals surface area contributed by atoms with Crippen LogP contribution in [0.2, 0.25) is 5.02 Å². The second-order valence-electron chi connectivity index (χ2n) is 7.43. The quantitative estimate of drug-likeness (QED) is 0.545. The zero-order chi connectivity index (χ0) is 19.1. The molecule has 5 heteroatoms. The molecule has 0 saturated heterocycles. The molecule has 2 nitrogen and oxygen atoms in total. The molecule has 0 saturated carbocycles. The minimum absolute atomic E-state index is 0.0830. The molecule has 1 atom stereocenters. The van der Waals surface area contributed by atoms with Crippen molar-refractivity contribution < 1.29 is 9.18 Å². The largest absolute Gasteiger partial charge is 0.345 e. The molecule has 1 N–H and O–H groups in total. The van der Waals surface area contributed by atoms with Crippen LogP contribution in [0.15, 0.2) is 42.5 Å². The Kier molecular flexibility index (Phi) is 5.09. The number of amides is 1. The average Bonchev–Trinajstić information content (AvgIpc) is 2.92. The van der Waals surface area contributed by atoms with Gasteiger partial charge in [-0.05, 0) is 35.6 Å². The van der Waals surface area contributed by atoms with E-state index in [0.29, 0.717) is 15.0 Å². The third kappa shape index (κ3) is 3.62. The first kappa shape index (κ1) is 18.9. The number of hydrogen-bond acceptors (Lipinski definition) is 2. The normalized spacial score (nSPS) is 13.0. The number of halogens is 2. The summed E-state index contributed by atoms with van der Waals surface area (Å²) in [7, 11) is 0. The molecule has 0 radical (unpaired) electrons. The van der Waals surface area contributed by atoms with E-state index in [2.05, 4.69) is 38.2 Å². The summed E-state index contributed by atoms with van der Waals surface area (Å²) in [4.78, 5) is 13.0. The minimum atomic E-state index is -0.409. The molecule has 0 aliphatic carbocycles. The fourth-order valence-corrected chi connectivity index (χ4v) is 4.30. The van der Waals surface area contributed by atoms with Crippen LogP contribution in [0.1, 0.15) is 54.5 Å². The molecular formula is C21H21ClFNOS. The van der Waals surface area contributed by atoms with Crippen molar-refractivity contribution in [2.45, 2.75) is 39.2 Å². The van der Waals surface area contributed by atoms with Crippen LogP contribution in [0.3, 0.4) is 0 Å². The predicted octanol–water partition coefficient (Wildman–Crippen LogP) is 6.48. The number of benzene rings is 2. The molecular weight excluding hydrogens is 369 g/mol. The summed E-state index contributed by atoms with van der Waals surface area (Å²) >= 11 is 7.47. The highest BCUT2D eigenvalue weighted by Gasteiger charge is 2.21. The summed E-state index contributed by atoms with van der Waals surface area (Å²) in [5, 5.41) is 3.44. The monoisotopic (exact) mass is 389 g/mol. The standard InChI is InChI=1S/C21H21ClFNOS/c1-12(13-8-10-14(11-9-13)21(2,3)4)24-20(25)19-18(22)17-15(23)6-5-7-16(17)26-19/h5-12H,1-4H3,(H,24,25)/t12-/m0/s1. The molecule has 26 heavy (non-hydrogen) atoms. The van der Waals surface area contributed by atoms with Gasteiger partial charge >= 0.3 is 0 Å². The highest BCUT2D eigenvalue weighted by molar-refractivity contribution is 7.21. The summed E-state index contributed by atoms with van der Waals surface area (Å²) in [6.07, 6.45) is 0. The molecule has 2 aromatic carbocycles. The first-order valence-electron chi connectivity index (χ1n) is 8.46. The molecule has 1 aromatic heterocycles. The highest BCUT2D eigenvalue weighted by atomic mass is 35.5. The van der Waals surface area contributed by atoms with E-state index in [-0.39, 0.29) is 22.4 Å². The van der Waals surface area contributed by atoms with Gasteiger partial charge in [-0.2, -0.15) is 0 Å². The van der Waals surface area contributed by atoms with Gasteiger partial charge in [-0.15, -0.1) is 11.3 Å². The molecule has 136 valence electrons. The second kappa shape index (κ2) is 7.01. The van der Waals surface area contributed by atoms with E-state index < -0.39 is 5.82 Å². The number of carbonyl (C=O) groups is 1.